The van der Waals surface area contributed by atoms with E-state index in [1.807, 2.05) is 0 Å². The van der Waals surface area contributed by atoms with E-state index >= 15 is 0 Å². The zero-order valence-electron chi connectivity index (χ0n) is 11.3. The lowest BCUT2D eigenvalue weighted by Gasteiger charge is -2.23. The quantitative estimate of drug-likeness (QED) is 0.782. The van der Waals surface area contributed by atoms with Crippen LogP contribution in [0.15, 0.2) is 18.2 Å². The van der Waals surface area contributed by atoms with Crippen molar-refractivity contribution in [2.45, 2.75) is 19.6 Å². The van der Waals surface area contributed by atoms with E-state index in [0.717, 1.165) is 0 Å². The van der Waals surface area contributed by atoms with E-state index in [1.165, 1.54) is 19.2 Å². The molecule has 0 amide bonds. The molecule has 0 saturated carbocycles. The van der Waals surface area contributed by atoms with Crippen LogP contribution in [-0.4, -0.2) is 20.3 Å². The highest BCUT2D eigenvalue weighted by Crippen LogP contribution is 2.58. The Morgan fingerprint density at radius 2 is 1.89 bits per heavy atom. The first-order chi connectivity index (χ1) is 8.98. The minimum absolute atomic E-state index is 0.0750. The molecule has 0 saturated heterocycles. The molecule has 1 rings (SSSR count). The first-order valence-corrected chi connectivity index (χ1v) is 7.57. The van der Waals surface area contributed by atoms with Crippen molar-refractivity contribution in [3.05, 3.63) is 29.6 Å². The summed E-state index contributed by atoms with van der Waals surface area (Å²) in [6.45, 7) is 3.68. The second-order valence-corrected chi connectivity index (χ2v) is 5.86. The minimum Gasteiger partial charge on any atom is -0.497 e. The maximum Gasteiger partial charge on any atom is 0.351 e. The Kier molecular flexibility index (Phi) is 5.94. The van der Waals surface area contributed by atoms with Crippen LogP contribution in [-0.2, 0) is 13.6 Å². The summed E-state index contributed by atoms with van der Waals surface area (Å²) in [6.07, 6.45) is 0. The van der Waals surface area contributed by atoms with Crippen molar-refractivity contribution in [3.8, 4) is 5.75 Å². The molecule has 1 atom stereocenters. The third-order valence-corrected chi connectivity index (χ3v) is 4.68. The van der Waals surface area contributed by atoms with E-state index in [0.29, 0.717) is 5.75 Å². The highest BCUT2D eigenvalue weighted by atomic mass is 31.2. The summed E-state index contributed by atoms with van der Waals surface area (Å²) in [7, 11) is -2.16. The van der Waals surface area contributed by atoms with Crippen molar-refractivity contribution in [2.24, 2.45) is 5.73 Å². The van der Waals surface area contributed by atoms with Crippen molar-refractivity contribution in [3.63, 3.8) is 0 Å². The molecule has 0 heterocycles. The lowest BCUT2D eigenvalue weighted by atomic mass is 10.2. The van der Waals surface area contributed by atoms with Gasteiger partial charge in [0.25, 0.3) is 0 Å². The predicted octanol–water partition coefficient (Wildman–Crippen LogP) is 3.06. The molecule has 0 spiro atoms. The number of ether oxygens (including phenoxy) is 1. The van der Waals surface area contributed by atoms with Crippen LogP contribution in [0.2, 0.25) is 0 Å². The van der Waals surface area contributed by atoms with Crippen molar-refractivity contribution >= 4 is 7.60 Å². The van der Waals surface area contributed by atoms with Gasteiger partial charge >= 0.3 is 7.60 Å². The molecular weight excluding hydrogens is 272 g/mol. The van der Waals surface area contributed by atoms with Gasteiger partial charge in [0.05, 0.1) is 20.3 Å². The van der Waals surface area contributed by atoms with Gasteiger partial charge in [-0.2, -0.15) is 0 Å². The molecule has 5 nitrogen and oxygen atoms in total. The minimum atomic E-state index is -3.59. The third-order valence-electron chi connectivity index (χ3n) is 2.49. The fourth-order valence-electron chi connectivity index (χ4n) is 1.60. The van der Waals surface area contributed by atoms with Crippen molar-refractivity contribution in [1.82, 2.24) is 0 Å². The first-order valence-electron chi connectivity index (χ1n) is 5.96. The van der Waals surface area contributed by atoms with Gasteiger partial charge in [-0.3, -0.25) is 4.57 Å². The Hall–Kier alpha value is -0.940. The van der Waals surface area contributed by atoms with E-state index in [2.05, 4.69) is 0 Å². The molecule has 2 N–H and O–H groups in total. The Labute approximate surface area is 112 Å². The molecule has 7 heteroatoms. The van der Waals surface area contributed by atoms with Gasteiger partial charge in [0, 0.05) is 11.6 Å². The number of hydrogen-bond donors (Lipinski definition) is 1. The average molecular weight is 291 g/mol. The predicted molar refractivity (Wildman–Crippen MR) is 70.7 cm³/mol. The maximum atomic E-state index is 13.9. The van der Waals surface area contributed by atoms with Crippen molar-refractivity contribution < 1.29 is 22.7 Å². The summed E-state index contributed by atoms with van der Waals surface area (Å²) in [6, 6.07) is 4.14. The van der Waals surface area contributed by atoms with Gasteiger partial charge in [0.1, 0.15) is 17.3 Å². The molecule has 0 aliphatic carbocycles. The number of benzene rings is 1. The molecule has 0 aliphatic rings. The van der Waals surface area contributed by atoms with Crippen LogP contribution in [0, 0.1) is 5.82 Å². The van der Waals surface area contributed by atoms with E-state index in [4.69, 9.17) is 19.5 Å². The van der Waals surface area contributed by atoms with Crippen LogP contribution in [0.4, 0.5) is 4.39 Å². The van der Waals surface area contributed by atoms with Crippen LogP contribution in [0.5, 0.6) is 5.75 Å². The second kappa shape index (κ2) is 7.01. The fourth-order valence-corrected chi connectivity index (χ4v) is 3.27. The van der Waals surface area contributed by atoms with Gasteiger partial charge in [-0.05, 0) is 19.9 Å². The first kappa shape index (κ1) is 16.1. The van der Waals surface area contributed by atoms with Gasteiger partial charge < -0.3 is 19.5 Å². The van der Waals surface area contributed by atoms with E-state index < -0.39 is 19.2 Å². The highest BCUT2D eigenvalue weighted by Gasteiger charge is 2.35. The molecular formula is C12H19FNO4P. The summed E-state index contributed by atoms with van der Waals surface area (Å²) in [5.41, 5.74) is 5.92. The van der Waals surface area contributed by atoms with Gasteiger partial charge in [-0.1, -0.05) is 6.07 Å². The van der Waals surface area contributed by atoms with Crippen LogP contribution in [0.25, 0.3) is 0 Å². The van der Waals surface area contributed by atoms with E-state index in [1.54, 1.807) is 19.9 Å². The third kappa shape index (κ3) is 3.76. The lowest BCUT2D eigenvalue weighted by molar-refractivity contribution is 0.212. The molecule has 0 radical (unpaired) electrons. The summed E-state index contributed by atoms with van der Waals surface area (Å²) >= 11 is 0. The monoisotopic (exact) mass is 291 g/mol. The number of nitrogens with two attached hydrogens (primary N) is 1. The van der Waals surface area contributed by atoms with Gasteiger partial charge in [0.2, 0.25) is 0 Å². The number of halogens is 1. The molecule has 0 unspecified atom stereocenters. The second-order valence-electron chi connectivity index (χ2n) is 3.71. The van der Waals surface area contributed by atoms with Gasteiger partial charge in [-0.15, -0.1) is 0 Å². The molecule has 0 fully saturated rings. The van der Waals surface area contributed by atoms with E-state index in [9.17, 15) is 8.96 Å². The number of rotatable bonds is 7. The normalized spacial score (nSPS) is 13.3. The Bertz CT molecular complexity index is 459. The SMILES string of the molecule is CCOP(=O)(OCC)[C@@H](N)c1ccc(OC)cc1F. The molecule has 1 aromatic carbocycles. The maximum absolute atomic E-state index is 13.9. The zero-order valence-corrected chi connectivity index (χ0v) is 12.2. The zero-order chi connectivity index (χ0) is 14.5. The Morgan fingerprint density at radius 3 is 2.32 bits per heavy atom. The Balaban J connectivity index is 3.09. The lowest BCUT2D eigenvalue weighted by Crippen LogP contribution is -2.16. The van der Waals surface area contributed by atoms with Crippen molar-refractivity contribution in [2.75, 3.05) is 20.3 Å². The number of methoxy groups -OCH3 is 1. The van der Waals surface area contributed by atoms with Crippen molar-refractivity contribution in [1.29, 1.82) is 0 Å². The van der Waals surface area contributed by atoms with Crippen LogP contribution in [0.3, 0.4) is 0 Å². The molecule has 108 valence electrons. The molecule has 0 aromatic heterocycles. The largest absolute Gasteiger partial charge is 0.497 e. The summed E-state index contributed by atoms with van der Waals surface area (Å²) in [5, 5.41) is 0. The average Bonchev–Trinajstić information content (AvgIpc) is 2.38. The van der Waals surface area contributed by atoms with Crippen LogP contribution >= 0.6 is 7.60 Å². The highest BCUT2D eigenvalue weighted by molar-refractivity contribution is 7.54. The molecule has 1 aromatic rings. The van der Waals surface area contributed by atoms with Crippen LogP contribution < -0.4 is 10.5 Å². The topological polar surface area (TPSA) is 70.8 Å². The Morgan fingerprint density at radius 1 is 1.32 bits per heavy atom. The van der Waals surface area contributed by atoms with Crippen LogP contribution in [0.1, 0.15) is 25.2 Å². The summed E-state index contributed by atoms with van der Waals surface area (Å²) < 4.78 is 41.5. The smallest absolute Gasteiger partial charge is 0.351 e. The van der Waals surface area contributed by atoms with E-state index in [-0.39, 0.29) is 18.8 Å². The molecule has 19 heavy (non-hydrogen) atoms. The summed E-state index contributed by atoms with van der Waals surface area (Å²) in [5.74, 6) is -1.42. The van der Waals surface area contributed by atoms with Gasteiger partial charge in [0.15, 0.2) is 0 Å². The number of hydrogen-bond acceptors (Lipinski definition) is 5. The summed E-state index contributed by atoms with van der Waals surface area (Å²) in [4.78, 5) is 0. The standard InChI is InChI=1S/C12H19FNO4P/c1-4-17-19(15,18-5-2)12(14)10-7-6-9(16-3)8-11(10)13/h6-8,12H,4-5,14H2,1-3H3/t12-/m1/s1. The molecule has 0 aliphatic heterocycles. The van der Waals surface area contributed by atoms with Gasteiger partial charge in [-0.25, -0.2) is 4.39 Å². The molecule has 0 bridgehead atoms. The fraction of sp³-hybridized carbons (Fsp3) is 0.500.